The third kappa shape index (κ3) is 1.74. The summed E-state index contributed by atoms with van der Waals surface area (Å²) in [6, 6.07) is 0. The van der Waals surface area contributed by atoms with Crippen LogP contribution in [0.5, 0.6) is 0 Å². The van der Waals surface area contributed by atoms with Crippen LogP contribution in [0.3, 0.4) is 0 Å². The van der Waals surface area contributed by atoms with Gasteiger partial charge in [0, 0.05) is 12.8 Å². The van der Waals surface area contributed by atoms with E-state index >= 15 is 0 Å². The van der Waals surface area contributed by atoms with E-state index in [1.165, 1.54) is 0 Å². The molecule has 1 aliphatic rings. The Balaban J connectivity index is 2.85. The lowest BCUT2D eigenvalue weighted by molar-refractivity contribution is -0.116. The number of carbonyl (C=O) groups excluding carboxylic acids is 1. The lowest BCUT2D eigenvalue weighted by atomic mass is 9.94. The summed E-state index contributed by atoms with van der Waals surface area (Å²) in [7, 11) is 1.54. The van der Waals surface area contributed by atoms with E-state index in [0.717, 1.165) is 6.42 Å². The molecule has 0 heterocycles. The maximum atomic E-state index is 11.1. The number of hydrogen-bond acceptors (Lipinski definition) is 2. The molecule has 0 aromatic carbocycles. The second-order valence-electron chi connectivity index (χ2n) is 2.88. The maximum Gasteiger partial charge on any atom is 0.177 e. The fourth-order valence-corrected chi connectivity index (χ4v) is 1.44. The minimum absolute atomic E-state index is 0.00210. The van der Waals surface area contributed by atoms with Gasteiger partial charge in [0.2, 0.25) is 0 Å². The van der Waals surface area contributed by atoms with Gasteiger partial charge in [-0.15, -0.1) is 0 Å². The van der Waals surface area contributed by atoms with Gasteiger partial charge in [-0.05, 0) is 5.92 Å². The minimum atomic E-state index is 0.00210. The van der Waals surface area contributed by atoms with E-state index in [-0.39, 0.29) is 10.8 Å². The van der Waals surface area contributed by atoms with Gasteiger partial charge in [0.05, 0.1) is 7.11 Å². The van der Waals surface area contributed by atoms with Crippen LogP contribution >= 0.6 is 11.6 Å². The summed E-state index contributed by atoms with van der Waals surface area (Å²) in [4.78, 5) is 11.1. The van der Waals surface area contributed by atoms with Crippen LogP contribution in [0.1, 0.15) is 19.8 Å². The molecule has 1 atom stereocenters. The molecule has 3 heteroatoms. The lowest BCUT2D eigenvalue weighted by Gasteiger charge is -2.19. The van der Waals surface area contributed by atoms with Crippen molar-refractivity contribution < 1.29 is 9.53 Å². The Kier molecular flexibility index (Phi) is 2.55. The fraction of sp³-hybridized carbons (Fsp3) is 0.625. The van der Waals surface area contributed by atoms with Gasteiger partial charge in [0.25, 0.3) is 0 Å². The van der Waals surface area contributed by atoms with Crippen molar-refractivity contribution in [1.82, 2.24) is 0 Å². The Morgan fingerprint density at radius 1 is 1.55 bits per heavy atom. The van der Waals surface area contributed by atoms with Gasteiger partial charge < -0.3 is 4.74 Å². The molecular formula is C8H11ClO2. The second kappa shape index (κ2) is 3.26. The zero-order valence-corrected chi connectivity index (χ0v) is 7.44. The van der Waals surface area contributed by atoms with E-state index in [1.807, 2.05) is 6.92 Å². The summed E-state index contributed by atoms with van der Waals surface area (Å²) in [5.74, 6) is 0.998. The summed E-state index contributed by atoms with van der Waals surface area (Å²) in [6.45, 7) is 2.01. The van der Waals surface area contributed by atoms with Crippen molar-refractivity contribution in [3.05, 3.63) is 10.8 Å². The van der Waals surface area contributed by atoms with Crippen molar-refractivity contribution in [2.75, 3.05) is 7.11 Å². The van der Waals surface area contributed by atoms with E-state index < -0.39 is 0 Å². The Morgan fingerprint density at radius 2 is 2.18 bits per heavy atom. The highest BCUT2D eigenvalue weighted by Gasteiger charge is 2.24. The van der Waals surface area contributed by atoms with Crippen LogP contribution < -0.4 is 0 Å². The molecule has 0 radical (unpaired) electrons. The predicted octanol–water partition coefficient (Wildman–Crippen LogP) is 2.08. The molecule has 0 amide bonds. The van der Waals surface area contributed by atoms with Crippen molar-refractivity contribution in [2.24, 2.45) is 5.92 Å². The van der Waals surface area contributed by atoms with Crippen LogP contribution in [0.2, 0.25) is 0 Å². The number of allylic oxidation sites excluding steroid dienone is 2. The predicted molar refractivity (Wildman–Crippen MR) is 43.3 cm³/mol. The molecule has 0 aliphatic heterocycles. The number of hydrogen-bond donors (Lipinski definition) is 0. The summed E-state index contributed by atoms with van der Waals surface area (Å²) in [5, 5.41) is 0.283. The molecule has 0 spiro atoms. The first kappa shape index (κ1) is 8.60. The van der Waals surface area contributed by atoms with Crippen LogP contribution in [0, 0.1) is 5.92 Å². The van der Waals surface area contributed by atoms with Gasteiger partial charge in [-0.1, -0.05) is 18.5 Å². The average molecular weight is 175 g/mol. The molecule has 0 aromatic rings. The standard InChI is InChI=1S/C8H11ClO2/c1-5-3-6(10)8(9)7(4-5)11-2/h5H,3-4H2,1-2H3. The molecule has 1 unspecified atom stereocenters. The Labute approximate surface area is 71.2 Å². The largest absolute Gasteiger partial charge is 0.499 e. The molecule has 0 saturated heterocycles. The second-order valence-corrected chi connectivity index (χ2v) is 3.26. The minimum Gasteiger partial charge on any atom is -0.499 e. The van der Waals surface area contributed by atoms with Gasteiger partial charge in [-0.25, -0.2) is 0 Å². The van der Waals surface area contributed by atoms with Crippen molar-refractivity contribution in [3.63, 3.8) is 0 Å². The molecule has 1 rings (SSSR count). The summed E-state index contributed by atoms with van der Waals surface area (Å²) in [5.41, 5.74) is 0. The maximum absolute atomic E-state index is 11.1. The molecule has 1 aliphatic carbocycles. The molecular weight excluding hydrogens is 164 g/mol. The smallest absolute Gasteiger partial charge is 0.177 e. The van der Waals surface area contributed by atoms with Crippen molar-refractivity contribution >= 4 is 17.4 Å². The molecule has 0 N–H and O–H groups in total. The molecule has 0 bridgehead atoms. The van der Waals surface area contributed by atoms with E-state index in [4.69, 9.17) is 16.3 Å². The Bertz CT molecular complexity index is 208. The van der Waals surface area contributed by atoms with Crippen LogP contribution in [0.25, 0.3) is 0 Å². The van der Waals surface area contributed by atoms with Gasteiger partial charge in [-0.2, -0.15) is 0 Å². The number of halogens is 1. The highest BCUT2D eigenvalue weighted by molar-refractivity contribution is 6.43. The third-order valence-electron chi connectivity index (χ3n) is 1.80. The Morgan fingerprint density at radius 3 is 2.73 bits per heavy atom. The number of ether oxygens (including phenoxy) is 1. The number of Topliss-reactive ketones (excluding diaryl/α,β-unsaturated/α-hetero) is 1. The van der Waals surface area contributed by atoms with Crippen molar-refractivity contribution in [3.8, 4) is 0 Å². The first-order valence-corrected chi connectivity index (χ1v) is 3.98. The quantitative estimate of drug-likeness (QED) is 0.609. The molecule has 62 valence electrons. The fourth-order valence-electron chi connectivity index (χ4n) is 1.21. The molecule has 11 heavy (non-hydrogen) atoms. The zero-order valence-electron chi connectivity index (χ0n) is 6.69. The van der Waals surface area contributed by atoms with Gasteiger partial charge in [0.15, 0.2) is 5.78 Å². The number of methoxy groups -OCH3 is 1. The van der Waals surface area contributed by atoms with Crippen LogP contribution in [-0.2, 0) is 9.53 Å². The summed E-state index contributed by atoms with van der Waals surface area (Å²) in [6.07, 6.45) is 1.33. The van der Waals surface area contributed by atoms with E-state index in [2.05, 4.69) is 0 Å². The molecule has 0 aromatic heterocycles. The van der Waals surface area contributed by atoms with Gasteiger partial charge >= 0.3 is 0 Å². The monoisotopic (exact) mass is 174 g/mol. The van der Waals surface area contributed by atoms with E-state index in [1.54, 1.807) is 7.11 Å². The van der Waals surface area contributed by atoms with E-state index in [0.29, 0.717) is 18.1 Å². The zero-order chi connectivity index (χ0) is 8.43. The topological polar surface area (TPSA) is 26.3 Å². The SMILES string of the molecule is COC1=C(Cl)C(=O)CC(C)C1. The number of carbonyl (C=O) groups is 1. The average Bonchev–Trinajstić information content (AvgIpc) is 1.96. The van der Waals surface area contributed by atoms with Crippen LogP contribution in [0.4, 0.5) is 0 Å². The summed E-state index contributed by atoms with van der Waals surface area (Å²) >= 11 is 5.70. The molecule has 0 saturated carbocycles. The lowest BCUT2D eigenvalue weighted by Crippen LogP contribution is -2.15. The van der Waals surface area contributed by atoms with E-state index in [9.17, 15) is 4.79 Å². The highest BCUT2D eigenvalue weighted by atomic mass is 35.5. The summed E-state index contributed by atoms with van der Waals surface area (Å²) < 4.78 is 4.97. The molecule has 2 nitrogen and oxygen atoms in total. The third-order valence-corrected chi connectivity index (χ3v) is 2.23. The van der Waals surface area contributed by atoms with Crippen LogP contribution in [-0.4, -0.2) is 12.9 Å². The molecule has 0 fully saturated rings. The first-order valence-electron chi connectivity index (χ1n) is 3.61. The number of ketones is 1. The Hall–Kier alpha value is -0.500. The normalized spacial score (nSPS) is 25.7. The van der Waals surface area contributed by atoms with Crippen LogP contribution in [0.15, 0.2) is 10.8 Å². The highest BCUT2D eigenvalue weighted by Crippen LogP contribution is 2.28. The van der Waals surface area contributed by atoms with Crippen molar-refractivity contribution in [2.45, 2.75) is 19.8 Å². The number of rotatable bonds is 1. The van der Waals surface area contributed by atoms with Gasteiger partial charge in [0.1, 0.15) is 10.8 Å². The van der Waals surface area contributed by atoms with Gasteiger partial charge in [-0.3, -0.25) is 4.79 Å². The first-order chi connectivity index (χ1) is 5.15. The van der Waals surface area contributed by atoms with Crippen molar-refractivity contribution in [1.29, 1.82) is 0 Å².